The number of amides is 3. The molecule has 2 rings (SSSR count). The molecule has 0 saturated carbocycles. The number of carbonyl (C=O) groups excluding carboxylic acids is 2. The Labute approximate surface area is 141 Å². The van der Waals surface area contributed by atoms with Crippen LogP contribution in [0.3, 0.4) is 0 Å². The number of hydrogen-bond acceptors (Lipinski definition) is 4. The summed E-state index contributed by atoms with van der Waals surface area (Å²) in [7, 11) is 1.81. The van der Waals surface area contributed by atoms with E-state index >= 15 is 0 Å². The van der Waals surface area contributed by atoms with Crippen LogP contribution in [0.15, 0.2) is 11.4 Å². The van der Waals surface area contributed by atoms with Gasteiger partial charge in [-0.1, -0.05) is 0 Å². The number of aryl methyl sites for hydroxylation is 1. The molecule has 2 heterocycles. The number of ether oxygens (including phenoxy) is 1. The van der Waals surface area contributed by atoms with Crippen LogP contribution in [0.4, 0.5) is 9.59 Å². The van der Waals surface area contributed by atoms with Crippen LogP contribution < -0.4 is 5.32 Å². The zero-order valence-corrected chi connectivity index (χ0v) is 14.8. The zero-order chi connectivity index (χ0) is 16.8. The maximum Gasteiger partial charge on any atom is 0.409 e. The third-order valence-electron chi connectivity index (χ3n) is 4.04. The average molecular weight is 339 g/mol. The second kappa shape index (κ2) is 8.19. The van der Waals surface area contributed by atoms with Crippen molar-refractivity contribution >= 4 is 23.5 Å². The first-order valence-electron chi connectivity index (χ1n) is 7.97. The Hall–Kier alpha value is -1.76. The van der Waals surface area contributed by atoms with E-state index in [1.807, 2.05) is 12.4 Å². The molecule has 1 aromatic rings. The van der Waals surface area contributed by atoms with E-state index < -0.39 is 0 Å². The lowest BCUT2D eigenvalue weighted by Crippen LogP contribution is -2.49. The predicted octanol–water partition coefficient (Wildman–Crippen LogP) is 2.82. The lowest BCUT2D eigenvalue weighted by atomic mass is 10.1. The van der Waals surface area contributed by atoms with Crippen LogP contribution in [0.2, 0.25) is 0 Å². The second-order valence-electron chi connectivity index (χ2n) is 5.79. The predicted molar refractivity (Wildman–Crippen MR) is 90.7 cm³/mol. The van der Waals surface area contributed by atoms with Crippen LogP contribution in [-0.4, -0.2) is 54.7 Å². The van der Waals surface area contributed by atoms with Crippen LogP contribution in [0.25, 0.3) is 0 Å². The lowest BCUT2D eigenvalue weighted by Gasteiger charge is -2.32. The first-order valence-corrected chi connectivity index (χ1v) is 8.85. The van der Waals surface area contributed by atoms with E-state index in [-0.39, 0.29) is 18.2 Å². The first kappa shape index (κ1) is 17.6. The number of nitrogens with zero attached hydrogens (tertiary/aromatic N) is 2. The van der Waals surface area contributed by atoms with Gasteiger partial charge in [0.05, 0.1) is 13.2 Å². The summed E-state index contributed by atoms with van der Waals surface area (Å²) < 4.78 is 5.00. The summed E-state index contributed by atoms with van der Waals surface area (Å²) >= 11 is 1.67. The molecule has 1 N–H and O–H groups in total. The summed E-state index contributed by atoms with van der Waals surface area (Å²) in [6.45, 7) is 6.12. The fourth-order valence-corrected chi connectivity index (χ4v) is 3.52. The minimum atomic E-state index is -0.262. The van der Waals surface area contributed by atoms with Gasteiger partial charge in [0.25, 0.3) is 0 Å². The molecule has 0 aromatic carbocycles. The van der Waals surface area contributed by atoms with Crippen LogP contribution in [0.1, 0.15) is 30.2 Å². The van der Waals surface area contributed by atoms with E-state index in [1.165, 1.54) is 10.4 Å². The molecule has 7 heteroatoms. The van der Waals surface area contributed by atoms with Crippen LogP contribution in [-0.2, 0) is 11.3 Å². The summed E-state index contributed by atoms with van der Waals surface area (Å²) in [6.07, 6.45) is 1.26. The third-order valence-corrected chi connectivity index (χ3v) is 5.05. The van der Waals surface area contributed by atoms with Crippen molar-refractivity contribution < 1.29 is 14.3 Å². The molecule has 0 spiro atoms. The number of likely N-dealkylation sites (tertiary alicyclic amines) is 1. The molecular formula is C16H25N3O3S. The van der Waals surface area contributed by atoms with E-state index in [9.17, 15) is 9.59 Å². The highest BCUT2D eigenvalue weighted by molar-refractivity contribution is 7.10. The number of carbonyl (C=O) groups is 2. The van der Waals surface area contributed by atoms with Crippen molar-refractivity contribution in [2.45, 2.75) is 39.3 Å². The van der Waals surface area contributed by atoms with Gasteiger partial charge < -0.3 is 19.9 Å². The maximum atomic E-state index is 12.3. The number of rotatable bonds is 4. The first-order chi connectivity index (χ1) is 11.0. The SMILES string of the molecule is CCOC(=O)N1CCC(NC(=O)N(C)Cc2sccc2C)CC1. The van der Waals surface area contributed by atoms with Crippen LogP contribution in [0, 0.1) is 6.92 Å². The molecule has 0 aliphatic carbocycles. The number of thiophene rings is 1. The number of urea groups is 1. The van der Waals surface area contributed by atoms with Gasteiger partial charge in [0.2, 0.25) is 0 Å². The fourth-order valence-electron chi connectivity index (χ4n) is 2.56. The van der Waals surface area contributed by atoms with Gasteiger partial charge >= 0.3 is 12.1 Å². The summed E-state index contributed by atoms with van der Waals surface area (Å²) in [5.41, 5.74) is 1.22. The van der Waals surface area contributed by atoms with E-state index in [0.717, 1.165) is 12.8 Å². The number of hydrogen-bond donors (Lipinski definition) is 1. The Morgan fingerprint density at radius 1 is 1.43 bits per heavy atom. The Morgan fingerprint density at radius 2 is 2.13 bits per heavy atom. The Bertz CT molecular complexity index is 538. The van der Waals surface area contributed by atoms with Crippen LogP contribution >= 0.6 is 11.3 Å². The fraction of sp³-hybridized carbons (Fsp3) is 0.625. The molecule has 128 valence electrons. The molecule has 1 aliphatic rings. The van der Waals surface area contributed by atoms with Crippen LogP contribution in [0.5, 0.6) is 0 Å². The molecule has 0 bridgehead atoms. The molecule has 1 aromatic heterocycles. The number of nitrogens with one attached hydrogen (secondary N) is 1. The van der Waals surface area contributed by atoms with Gasteiger partial charge in [-0.15, -0.1) is 11.3 Å². The van der Waals surface area contributed by atoms with Gasteiger partial charge in [-0.2, -0.15) is 0 Å². The van der Waals surface area contributed by atoms with Crippen molar-refractivity contribution in [2.75, 3.05) is 26.7 Å². The summed E-state index contributed by atoms with van der Waals surface area (Å²) in [4.78, 5) is 28.5. The highest BCUT2D eigenvalue weighted by Gasteiger charge is 2.25. The van der Waals surface area contributed by atoms with Crippen molar-refractivity contribution in [3.63, 3.8) is 0 Å². The van der Waals surface area contributed by atoms with E-state index in [4.69, 9.17) is 4.74 Å². The quantitative estimate of drug-likeness (QED) is 0.917. The molecule has 1 fully saturated rings. The van der Waals surface area contributed by atoms with E-state index in [0.29, 0.717) is 26.2 Å². The molecule has 0 radical (unpaired) electrons. The van der Waals surface area contributed by atoms with Gasteiger partial charge in [-0.05, 0) is 43.7 Å². The van der Waals surface area contributed by atoms with Gasteiger partial charge in [0.15, 0.2) is 0 Å². The van der Waals surface area contributed by atoms with E-state index in [1.54, 1.807) is 28.1 Å². The van der Waals surface area contributed by atoms with Crippen molar-refractivity contribution in [1.82, 2.24) is 15.1 Å². The van der Waals surface area contributed by atoms with Gasteiger partial charge in [0, 0.05) is 31.1 Å². The Kier molecular flexibility index (Phi) is 6.27. The molecule has 1 aliphatic heterocycles. The lowest BCUT2D eigenvalue weighted by molar-refractivity contribution is 0.0952. The van der Waals surface area contributed by atoms with Gasteiger partial charge in [0.1, 0.15) is 0 Å². The summed E-state index contributed by atoms with van der Waals surface area (Å²) in [5.74, 6) is 0. The molecule has 0 unspecified atom stereocenters. The average Bonchev–Trinajstić information content (AvgIpc) is 2.93. The van der Waals surface area contributed by atoms with Crippen molar-refractivity contribution in [3.8, 4) is 0 Å². The highest BCUT2D eigenvalue weighted by Crippen LogP contribution is 2.17. The summed E-state index contributed by atoms with van der Waals surface area (Å²) in [5, 5.41) is 5.10. The largest absolute Gasteiger partial charge is 0.450 e. The Morgan fingerprint density at radius 3 is 2.70 bits per heavy atom. The maximum absolute atomic E-state index is 12.3. The molecule has 3 amide bonds. The molecular weight excluding hydrogens is 314 g/mol. The second-order valence-corrected chi connectivity index (χ2v) is 6.79. The normalized spacial score (nSPS) is 15.3. The van der Waals surface area contributed by atoms with Crippen molar-refractivity contribution in [1.29, 1.82) is 0 Å². The zero-order valence-electron chi connectivity index (χ0n) is 14.0. The molecule has 23 heavy (non-hydrogen) atoms. The minimum absolute atomic E-state index is 0.0626. The van der Waals surface area contributed by atoms with Gasteiger partial charge in [-0.3, -0.25) is 0 Å². The summed E-state index contributed by atoms with van der Waals surface area (Å²) in [6, 6.07) is 2.11. The standard InChI is InChI=1S/C16H25N3O3S/c1-4-22-16(21)19-8-5-13(6-9-19)17-15(20)18(3)11-14-12(2)7-10-23-14/h7,10,13H,4-6,8-9,11H2,1-3H3,(H,17,20). The van der Waals surface area contributed by atoms with Crippen molar-refractivity contribution in [2.24, 2.45) is 0 Å². The molecule has 1 saturated heterocycles. The van der Waals surface area contributed by atoms with Crippen molar-refractivity contribution in [3.05, 3.63) is 21.9 Å². The highest BCUT2D eigenvalue weighted by atomic mass is 32.1. The monoisotopic (exact) mass is 339 g/mol. The van der Waals surface area contributed by atoms with E-state index in [2.05, 4.69) is 18.3 Å². The van der Waals surface area contributed by atoms with Gasteiger partial charge in [-0.25, -0.2) is 9.59 Å². The third kappa shape index (κ3) is 4.86. The smallest absolute Gasteiger partial charge is 0.409 e. The molecule has 0 atom stereocenters. The number of piperidine rings is 1. The molecule has 6 nitrogen and oxygen atoms in total. The topological polar surface area (TPSA) is 61.9 Å². The Balaban J connectivity index is 1.76. The minimum Gasteiger partial charge on any atom is -0.450 e.